The van der Waals surface area contributed by atoms with Crippen LogP contribution < -0.4 is 11.1 Å². The van der Waals surface area contributed by atoms with Gasteiger partial charge in [0.2, 0.25) is 15.9 Å². The number of nitrogens with two attached hydrogens (primary N) is 1. The largest absolute Gasteiger partial charge is 0.396 e. The molecule has 0 aliphatic carbocycles. The predicted octanol–water partition coefficient (Wildman–Crippen LogP) is 4.13. The normalized spacial score (nSPS) is 17.8. The summed E-state index contributed by atoms with van der Waals surface area (Å²) in [7, 11) is -3.79. The summed E-state index contributed by atoms with van der Waals surface area (Å²) < 4.78 is 27.9. The summed E-state index contributed by atoms with van der Waals surface area (Å²) >= 11 is 15.3. The van der Waals surface area contributed by atoms with Gasteiger partial charge in [0.25, 0.3) is 0 Å². The van der Waals surface area contributed by atoms with Crippen LogP contribution in [0.2, 0.25) is 10.0 Å². The van der Waals surface area contributed by atoms with Crippen LogP contribution in [-0.4, -0.2) is 31.2 Å². The zero-order valence-corrected chi connectivity index (χ0v) is 17.9. The van der Waals surface area contributed by atoms with E-state index in [4.69, 9.17) is 28.9 Å². The minimum absolute atomic E-state index is 0.143. The van der Waals surface area contributed by atoms with Gasteiger partial charge in [-0.25, -0.2) is 8.42 Å². The Morgan fingerprint density at radius 2 is 1.78 bits per heavy atom. The molecule has 3 rings (SSSR count). The quantitative estimate of drug-likeness (QED) is 0.627. The highest BCUT2D eigenvalue weighted by Crippen LogP contribution is 2.32. The van der Waals surface area contributed by atoms with E-state index in [1.807, 2.05) is 0 Å². The van der Waals surface area contributed by atoms with E-state index in [0.29, 0.717) is 18.5 Å². The SMILES string of the molecule is Nc1c(Cl)cc(NC(=O)C2CCCN2S(=O)(=O)c2ccc(Br)cc2)cc1Cl. The zero-order chi connectivity index (χ0) is 19.8. The van der Waals surface area contributed by atoms with Gasteiger partial charge in [-0.1, -0.05) is 39.1 Å². The molecule has 1 unspecified atom stereocenters. The molecule has 0 radical (unpaired) electrons. The van der Waals surface area contributed by atoms with Crippen molar-refractivity contribution in [3.63, 3.8) is 0 Å². The van der Waals surface area contributed by atoms with Crippen molar-refractivity contribution < 1.29 is 13.2 Å². The van der Waals surface area contributed by atoms with Crippen LogP contribution in [-0.2, 0) is 14.8 Å². The summed E-state index contributed by atoms with van der Waals surface area (Å²) in [6.07, 6.45) is 1.02. The molecule has 1 amide bonds. The lowest BCUT2D eigenvalue weighted by atomic mass is 10.2. The molecular weight excluding hydrogens is 477 g/mol. The van der Waals surface area contributed by atoms with Crippen molar-refractivity contribution >= 4 is 66.4 Å². The van der Waals surface area contributed by atoms with Gasteiger partial charge < -0.3 is 11.1 Å². The minimum Gasteiger partial charge on any atom is -0.396 e. The van der Waals surface area contributed by atoms with Crippen molar-refractivity contribution in [3.05, 3.63) is 50.9 Å². The molecule has 1 atom stereocenters. The Morgan fingerprint density at radius 1 is 1.19 bits per heavy atom. The van der Waals surface area contributed by atoms with Crippen molar-refractivity contribution in [1.82, 2.24) is 4.31 Å². The highest BCUT2D eigenvalue weighted by Gasteiger charge is 2.39. The van der Waals surface area contributed by atoms with Crippen molar-refractivity contribution in [2.75, 3.05) is 17.6 Å². The van der Waals surface area contributed by atoms with Gasteiger partial charge in [-0.05, 0) is 49.2 Å². The second kappa shape index (κ2) is 7.97. The van der Waals surface area contributed by atoms with Gasteiger partial charge in [-0.15, -0.1) is 0 Å². The smallest absolute Gasteiger partial charge is 0.243 e. The molecule has 27 heavy (non-hydrogen) atoms. The number of sulfonamides is 1. The van der Waals surface area contributed by atoms with Crippen LogP contribution in [0, 0.1) is 0 Å². The van der Waals surface area contributed by atoms with E-state index in [1.54, 1.807) is 12.1 Å². The monoisotopic (exact) mass is 491 g/mol. The summed E-state index contributed by atoms with van der Waals surface area (Å²) in [5.41, 5.74) is 6.27. The number of nitrogen functional groups attached to an aromatic ring is 1. The summed E-state index contributed by atoms with van der Waals surface area (Å²) in [6, 6.07) is 8.45. The maximum absolute atomic E-state index is 12.9. The number of hydrogen-bond acceptors (Lipinski definition) is 4. The lowest BCUT2D eigenvalue weighted by Crippen LogP contribution is -2.43. The molecule has 2 aromatic rings. The lowest BCUT2D eigenvalue weighted by Gasteiger charge is -2.23. The fourth-order valence-corrected chi connectivity index (χ4v) is 5.32. The van der Waals surface area contributed by atoms with Crippen LogP contribution in [0.1, 0.15) is 12.8 Å². The van der Waals surface area contributed by atoms with Crippen molar-refractivity contribution in [2.24, 2.45) is 0 Å². The third kappa shape index (κ3) is 4.25. The van der Waals surface area contributed by atoms with Gasteiger partial charge in [-0.2, -0.15) is 4.31 Å². The van der Waals surface area contributed by atoms with Crippen LogP contribution in [0.3, 0.4) is 0 Å². The molecule has 2 aromatic carbocycles. The van der Waals surface area contributed by atoms with E-state index in [-0.39, 0.29) is 27.2 Å². The van der Waals surface area contributed by atoms with Gasteiger partial charge in [-0.3, -0.25) is 4.79 Å². The zero-order valence-electron chi connectivity index (χ0n) is 14.0. The number of rotatable bonds is 4. The number of nitrogens with one attached hydrogen (secondary N) is 1. The molecular formula is C17H16BrCl2N3O3S. The molecule has 1 aliphatic rings. The topological polar surface area (TPSA) is 92.5 Å². The first-order chi connectivity index (χ1) is 12.7. The number of amides is 1. The summed E-state index contributed by atoms with van der Waals surface area (Å²) in [4.78, 5) is 12.9. The first kappa shape index (κ1) is 20.4. The molecule has 3 N–H and O–H groups in total. The van der Waals surface area contributed by atoms with Gasteiger partial charge in [0, 0.05) is 16.7 Å². The Bertz CT molecular complexity index is 960. The number of benzene rings is 2. The van der Waals surface area contributed by atoms with Crippen LogP contribution in [0.25, 0.3) is 0 Å². The molecule has 144 valence electrons. The van der Waals surface area contributed by atoms with E-state index in [0.717, 1.165) is 4.47 Å². The van der Waals surface area contributed by atoms with Crippen LogP contribution in [0.4, 0.5) is 11.4 Å². The standard InChI is InChI=1S/C17H16BrCl2N3O3S/c18-10-3-5-12(6-4-10)27(25,26)23-7-1-2-15(23)17(24)22-11-8-13(19)16(21)14(20)9-11/h3-6,8-9,15H,1-2,7,21H2,(H,22,24). The molecule has 0 spiro atoms. The molecule has 0 saturated carbocycles. The Morgan fingerprint density at radius 3 is 2.37 bits per heavy atom. The van der Waals surface area contributed by atoms with Gasteiger partial charge >= 0.3 is 0 Å². The summed E-state index contributed by atoms with van der Waals surface area (Å²) in [6.45, 7) is 0.278. The number of carbonyl (C=O) groups excluding carboxylic acids is 1. The average molecular weight is 493 g/mol. The molecule has 6 nitrogen and oxygen atoms in total. The Balaban J connectivity index is 1.83. The van der Waals surface area contributed by atoms with E-state index in [2.05, 4.69) is 21.2 Å². The molecule has 10 heteroatoms. The Hall–Kier alpha value is -1.32. The number of nitrogens with zero attached hydrogens (tertiary/aromatic N) is 1. The molecule has 1 saturated heterocycles. The third-order valence-electron chi connectivity index (χ3n) is 4.27. The van der Waals surface area contributed by atoms with Gasteiger partial charge in [0.15, 0.2) is 0 Å². The van der Waals surface area contributed by atoms with Crippen molar-refractivity contribution in [3.8, 4) is 0 Å². The van der Waals surface area contributed by atoms with Crippen LogP contribution >= 0.6 is 39.1 Å². The molecule has 1 heterocycles. The van der Waals surface area contributed by atoms with Crippen molar-refractivity contribution in [2.45, 2.75) is 23.8 Å². The average Bonchev–Trinajstić information content (AvgIpc) is 3.11. The fraction of sp³-hybridized carbons (Fsp3) is 0.235. The summed E-state index contributed by atoms with van der Waals surface area (Å²) in [5.74, 6) is -0.440. The van der Waals surface area contributed by atoms with Crippen LogP contribution in [0.15, 0.2) is 45.8 Å². The Labute approximate surface area is 175 Å². The number of hydrogen-bond donors (Lipinski definition) is 2. The number of halogens is 3. The third-order valence-corrected chi connectivity index (χ3v) is 7.35. The van der Waals surface area contributed by atoms with E-state index >= 15 is 0 Å². The highest BCUT2D eigenvalue weighted by atomic mass is 79.9. The first-order valence-corrected chi connectivity index (χ1v) is 11.0. The number of anilines is 2. The van der Waals surface area contributed by atoms with E-state index in [9.17, 15) is 13.2 Å². The second-order valence-corrected chi connectivity index (χ2v) is 9.69. The molecule has 0 aromatic heterocycles. The fourth-order valence-electron chi connectivity index (χ4n) is 2.91. The predicted molar refractivity (Wildman–Crippen MR) is 111 cm³/mol. The molecule has 1 aliphatic heterocycles. The second-order valence-electron chi connectivity index (χ2n) is 6.07. The van der Waals surface area contributed by atoms with Gasteiger partial charge in [0.1, 0.15) is 6.04 Å². The van der Waals surface area contributed by atoms with Gasteiger partial charge in [0.05, 0.1) is 20.6 Å². The van der Waals surface area contributed by atoms with Crippen molar-refractivity contribution in [1.29, 1.82) is 0 Å². The maximum atomic E-state index is 12.9. The lowest BCUT2D eigenvalue weighted by molar-refractivity contribution is -0.119. The van der Waals surface area contributed by atoms with E-state index < -0.39 is 22.0 Å². The highest BCUT2D eigenvalue weighted by molar-refractivity contribution is 9.10. The first-order valence-electron chi connectivity index (χ1n) is 8.03. The minimum atomic E-state index is -3.79. The molecule has 0 bridgehead atoms. The Kier molecular flexibility index (Phi) is 6.02. The molecule has 1 fully saturated rings. The summed E-state index contributed by atoms with van der Waals surface area (Å²) in [5, 5.41) is 3.10. The maximum Gasteiger partial charge on any atom is 0.243 e. The van der Waals surface area contributed by atoms with E-state index in [1.165, 1.54) is 28.6 Å². The number of carbonyl (C=O) groups is 1. The van der Waals surface area contributed by atoms with Crippen LogP contribution in [0.5, 0.6) is 0 Å².